The standard InChI is InChI=1S/C16H22N4O/c1-11(2)19-16(17-4)18-9-14-10-21-15(20-14)13-7-5-12(3)6-8-13/h5-8,10-11H,9H2,1-4H3,(H2,17,18,19). The highest BCUT2D eigenvalue weighted by Gasteiger charge is 2.07. The number of hydrogen-bond acceptors (Lipinski definition) is 3. The Labute approximate surface area is 125 Å². The maximum Gasteiger partial charge on any atom is 0.226 e. The van der Waals surface area contributed by atoms with Crippen molar-refractivity contribution in [2.45, 2.75) is 33.4 Å². The fourth-order valence-electron chi connectivity index (χ4n) is 1.86. The molecule has 0 unspecified atom stereocenters. The van der Waals surface area contributed by atoms with Crippen LogP contribution in [0.1, 0.15) is 25.1 Å². The van der Waals surface area contributed by atoms with Gasteiger partial charge in [0.1, 0.15) is 6.26 Å². The topological polar surface area (TPSA) is 62.5 Å². The third-order valence-corrected chi connectivity index (χ3v) is 2.94. The summed E-state index contributed by atoms with van der Waals surface area (Å²) in [4.78, 5) is 8.64. The zero-order chi connectivity index (χ0) is 15.2. The van der Waals surface area contributed by atoms with Crippen LogP contribution in [-0.4, -0.2) is 24.0 Å². The first-order valence-corrected chi connectivity index (χ1v) is 7.07. The molecule has 5 nitrogen and oxygen atoms in total. The van der Waals surface area contributed by atoms with E-state index in [-0.39, 0.29) is 0 Å². The molecule has 1 aromatic heterocycles. The lowest BCUT2D eigenvalue weighted by Gasteiger charge is -2.13. The monoisotopic (exact) mass is 286 g/mol. The zero-order valence-corrected chi connectivity index (χ0v) is 13.0. The molecule has 0 aliphatic carbocycles. The van der Waals surface area contributed by atoms with Gasteiger partial charge in [-0.15, -0.1) is 0 Å². The van der Waals surface area contributed by atoms with E-state index in [1.165, 1.54) is 5.56 Å². The molecular weight excluding hydrogens is 264 g/mol. The Morgan fingerprint density at radius 3 is 2.62 bits per heavy atom. The zero-order valence-electron chi connectivity index (χ0n) is 13.0. The van der Waals surface area contributed by atoms with Gasteiger partial charge in [-0.3, -0.25) is 4.99 Å². The van der Waals surface area contributed by atoms with Gasteiger partial charge >= 0.3 is 0 Å². The van der Waals surface area contributed by atoms with Crippen molar-refractivity contribution in [2.24, 2.45) is 4.99 Å². The number of benzene rings is 1. The molecule has 2 rings (SSSR count). The second-order valence-electron chi connectivity index (χ2n) is 5.23. The third kappa shape index (κ3) is 4.34. The molecule has 2 N–H and O–H groups in total. The number of guanidine groups is 1. The lowest BCUT2D eigenvalue weighted by molar-refractivity contribution is 0.572. The van der Waals surface area contributed by atoms with Crippen LogP contribution in [0, 0.1) is 6.92 Å². The number of aryl methyl sites for hydroxylation is 1. The fraction of sp³-hybridized carbons (Fsp3) is 0.375. The van der Waals surface area contributed by atoms with Crippen LogP contribution >= 0.6 is 0 Å². The smallest absolute Gasteiger partial charge is 0.226 e. The maximum absolute atomic E-state index is 5.53. The summed E-state index contributed by atoms with van der Waals surface area (Å²) >= 11 is 0. The predicted octanol–water partition coefficient (Wildman–Crippen LogP) is 2.72. The average Bonchev–Trinajstić information content (AvgIpc) is 2.92. The summed E-state index contributed by atoms with van der Waals surface area (Å²) in [5, 5.41) is 6.43. The third-order valence-electron chi connectivity index (χ3n) is 2.94. The minimum absolute atomic E-state index is 0.330. The normalized spacial score (nSPS) is 11.8. The molecule has 0 saturated carbocycles. The van der Waals surface area contributed by atoms with E-state index >= 15 is 0 Å². The summed E-state index contributed by atoms with van der Waals surface area (Å²) in [6.07, 6.45) is 1.67. The molecule has 1 heterocycles. The van der Waals surface area contributed by atoms with Gasteiger partial charge < -0.3 is 15.1 Å². The van der Waals surface area contributed by atoms with Crippen molar-refractivity contribution >= 4 is 5.96 Å². The van der Waals surface area contributed by atoms with Crippen LogP contribution < -0.4 is 10.6 Å². The molecule has 112 valence electrons. The minimum Gasteiger partial charge on any atom is -0.444 e. The Kier molecular flexibility index (Phi) is 4.98. The Hall–Kier alpha value is -2.30. The van der Waals surface area contributed by atoms with Crippen molar-refractivity contribution in [2.75, 3.05) is 7.05 Å². The van der Waals surface area contributed by atoms with Crippen molar-refractivity contribution < 1.29 is 4.42 Å². The number of oxazole rings is 1. The Bertz CT molecular complexity index is 599. The summed E-state index contributed by atoms with van der Waals surface area (Å²) in [6.45, 7) is 6.76. The molecule has 0 amide bonds. The molecule has 0 atom stereocenters. The van der Waals surface area contributed by atoms with Gasteiger partial charge in [0.2, 0.25) is 5.89 Å². The highest BCUT2D eigenvalue weighted by Crippen LogP contribution is 2.18. The number of aliphatic imine (C=N–C) groups is 1. The second-order valence-corrected chi connectivity index (χ2v) is 5.23. The van der Waals surface area contributed by atoms with Crippen molar-refractivity contribution in [3.8, 4) is 11.5 Å². The van der Waals surface area contributed by atoms with Gasteiger partial charge in [-0.1, -0.05) is 17.7 Å². The van der Waals surface area contributed by atoms with E-state index < -0.39 is 0 Å². The van der Waals surface area contributed by atoms with Crippen LogP contribution in [0.25, 0.3) is 11.5 Å². The van der Waals surface area contributed by atoms with Crippen molar-refractivity contribution in [1.29, 1.82) is 0 Å². The molecule has 0 aliphatic rings. The average molecular weight is 286 g/mol. The van der Waals surface area contributed by atoms with Crippen LogP contribution in [0.4, 0.5) is 0 Å². The molecule has 21 heavy (non-hydrogen) atoms. The summed E-state index contributed by atoms with van der Waals surface area (Å²) in [5.74, 6) is 1.39. The highest BCUT2D eigenvalue weighted by atomic mass is 16.3. The Balaban J connectivity index is 1.98. The molecule has 5 heteroatoms. The van der Waals surface area contributed by atoms with E-state index in [9.17, 15) is 0 Å². The first-order valence-electron chi connectivity index (χ1n) is 7.07. The summed E-state index contributed by atoms with van der Waals surface area (Å²) in [7, 11) is 1.75. The molecule has 1 aromatic carbocycles. The van der Waals surface area contributed by atoms with Crippen molar-refractivity contribution in [1.82, 2.24) is 15.6 Å². The Morgan fingerprint density at radius 1 is 1.29 bits per heavy atom. The van der Waals surface area contributed by atoms with E-state index in [1.54, 1.807) is 13.3 Å². The quantitative estimate of drug-likeness (QED) is 0.670. The number of rotatable bonds is 4. The summed E-state index contributed by atoms with van der Waals surface area (Å²) in [6, 6.07) is 8.45. The summed E-state index contributed by atoms with van der Waals surface area (Å²) < 4.78 is 5.53. The van der Waals surface area contributed by atoms with Gasteiger partial charge in [-0.2, -0.15) is 0 Å². The van der Waals surface area contributed by atoms with Gasteiger partial charge in [0, 0.05) is 18.7 Å². The first-order chi connectivity index (χ1) is 10.1. The number of aromatic nitrogens is 1. The van der Waals surface area contributed by atoms with Gasteiger partial charge in [-0.25, -0.2) is 4.98 Å². The SMILES string of the molecule is CN=C(NCc1coc(-c2ccc(C)cc2)n1)NC(C)C. The number of nitrogens with zero attached hydrogens (tertiary/aromatic N) is 2. The predicted molar refractivity (Wildman–Crippen MR) is 85.1 cm³/mol. The van der Waals surface area contributed by atoms with E-state index in [1.807, 2.05) is 24.3 Å². The summed E-state index contributed by atoms with van der Waals surface area (Å²) in [5.41, 5.74) is 3.05. The van der Waals surface area contributed by atoms with Gasteiger partial charge in [0.05, 0.1) is 12.2 Å². The first kappa shape index (κ1) is 15.1. The molecule has 0 fully saturated rings. The fourth-order valence-corrected chi connectivity index (χ4v) is 1.86. The number of nitrogens with one attached hydrogen (secondary N) is 2. The van der Waals surface area contributed by atoms with Crippen LogP contribution in [0.3, 0.4) is 0 Å². The van der Waals surface area contributed by atoms with Gasteiger partial charge in [0.25, 0.3) is 0 Å². The number of hydrogen-bond donors (Lipinski definition) is 2. The molecule has 0 bridgehead atoms. The maximum atomic E-state index is 5.53. The van der Waals surface area contributed by atoms with Crippen LogP contribution in [0.5, 0.6) is 0 Å². The molecule has 2 aromatic rings. The van der Waals surface area contributed by atoms with E-state index in [2.05, 4.69) is 41.4 Å². The lowest BCUT2D eigenvalue weighted by atomic mass is 10.1. The van der Waals surface area contributed by atoms with Crippen LogP contribution in [0.2, 0.25) is 0 Å². The lowest BCUT2D eigenvalue weighted by Crippen LogP contribution is -2.40. The van der Waals surface area contributed by atoms with E-state index in [4.69, 9.17) is 4.42 Å². The molecule has 0 saturated heterocycles. The van der Waals surface area contributed by atoms with Crippen molar-refractivity contribution in [3.05, 3.63) is 41.8 Å². The van der Waals surface area contributed by atoms with Gasteiger partial charge in [0.15, 0.2) is 5.96 Å². The molecule has 0 radical (unpaired) electrons. The second kappa shape index (κ2) is 6.92. The molecule has 0 spiro atoms. The van der Waals surface area contributed by atoms with Gasteiger partial charge in [-0.05, 0) is 32.9 Å². The van der Waals surface area contributed by atoms with Crippen molar-refractivity contribution in [3.63, 3.8) is 0 Å². The van der Waals surface area contributed by atoms with E-state index in [0.717, 1.165) is 17.2 Å². The minimum atomic E-state index is 0.330. The Morgan fingerprint density at radius 2 is 2.00 bits per heavy atom. The highest BCUT2D eigenvalue weighted by molar-refractivity contribution is 5.79. The van der Waals surface area contributed by atoms with Crippen LogP contribution in [-0.2, 0) is 6.54 Å². The molecule has 0 aliphatic heterocycles. The molecular formula is C16H22N4O. The van der Waals surface area contributed by atoms with E-state index in [0.29, 0.717) is 18.5 Å². The van der Waals surface area contributed by atoms with Crippen LogP contribution in [0.15, 0.2) is 39.9 Å². The largest absolute Gasteiger partial charge is 0.444 e.